The third-order valence-corrected chi connectivity index (χ3v) is 3.58. The Morgan fingerprint density at radius 2 is 1.76 bits per heavy atom. The van der Waals surface area contributed by atoms with Crippen LogP contribution in [0.3, 0.4) is 0 Å². The van der Waals surface area contributed by atoms with E-state index in [1.807, 2.05) is 19.9 Å². The molecule has 0 saturated heterocycles. The molecule has 1 aromatic carbocycles. The van der Waals surface area contributed by atoms with E-state index in [4.69, 9.17) is 14.2 Å². The van der Waals surface area contributed by atoms with E-state index in [2.05, 4.69) is 32.2 Å². The molecule has 1 aliphatic rings. The van der Waals surface area contributed by atoms with Crippen molar-refractivity contribution in [1.29, 1.82) is 0 Å². The highest BCUT2D eigenvalue weighted by molar-refractivity contribution is 5.53. The van der Waals surface area contributed by atoms with Crippen LogP contribution in [0.5, 0.6) is 17.2 Å². The quantitative estimate of drug-likeness (QED) is 0.868. The summed E-state index contributed by atoms with van der Waals surface area (Å²) in [5, 5.41) is 3.54. The first kappa shape index (κ1) is 16.0. The zero-order chi connectivity index (χ0) is 15.5. The first-order valence-electron chi connectivity index (χ1n) is 7.86. The Bertz CT molecular complexity index is 485. The monoisotopic (exact) mass is 293 g/mol. The maximum atomic E-state index is 6.14. The summed E-state index contributed by atoms with van der Waals surface area (Å²) in [7, 11) is 0. The van der Waals surface area contributed by atoms with Gasteiger partial charge in [0.15, 0.2) is 11.5 Å². The van der Waals surface area contributed by atoms with Crippen molar-refractivity contribution in [3.63, 3.8) is 0 Å². The molecule has 1 unspecified atom stereocenters. The summed E-state index contributed by atoms with van der Waals surface area (Å²) in [5.41, 5.74) is 0.972. The van der Waals surface area contributed by atoms with Crippen LogP contribution in [0.25, 0.3) is 0 Å². The number of fused-ring (bicyclic) bond motifs is 1. The van der Waals surface area contributed by atoms with Crippen molar-refractivity contribution in [3.8, 4) is 17.2 Å². The lowest BCUT2D eigenvalue weighted by Gasteiger charge is -2.38. The van der Waals surface area contributed by atoms with E-state index in [0.29, 0.717) is 13.2 Å². The molecule has 1 aromatic rings. The minimum atomic E-state index is -0.184. The minimum absolute atomic E-state index is 0.184. The van der Waals surface area contributed by atoms with Gasteiger partial charge in [0.05, 0.1) is 13.2 Å². The second kappa shape index (κ2) is 6.56. The lowest BCUT2D eigenvalue weighted by Crippen LogP contribution is -2.39. The van der Waals surface area contributed by atoms with E-state index in [9.17, 15) is 0 Å². The van der Waals surface area contributed by atoms with Gasteiger partial charge in [-0.25, -0.2) is 0 Å². The van der Waals surface area contributed by atoms with E-state index in [1.54, 1.807) is 0 Å². The molecule has 0 aromatic heterocycles. The Hall–Kier alpha value is -1.42. The van der Waals surface area contributed by atoms with Crippen LogP contribution in [0.15, 0.2) is 12.1 Å². The second-order valence-electron chi connectivity index (χ2n) is 5.88. The van der Waals surface area contributed by atoms with E-state index in [0.717, 1.165) is 35.8 Å². The summed E-state index contributed by atoms with van der Waals surface area (Å²) in [5.74, 6) is 2.44. The zero-order valence-electron chi connectivity index (χ0n) is 13.8. The molecule has 4 heteroatoms. The summed E-state index contributed by atoms with van der Waals surface area (Å²) in [6.07, 6.45) is 0.938. The first-order valence-corrected chi connectivity index (χ1v) is 7.86. The Morgan fingerprint density at radius 3 is 2.33 bits per heavy atom. The highest BCUT2D eigenvalue weighted by Crippen LogP contribution is 2.45. The number of nitrogens with one attached hydrogen (secondary N) is 1. The fourth-order valence-electron chi connectivity index (χ4n) is 2.82. The van der Waals surface area contributed by atoms with Gasteiger partial charge < -0.3 is 19.5 Å². The molecule has 1 N–H and O–H groups in total. The van der Waals surface area contributed by atoms with Crippen molar-refractivity contribution in [2.24, 2.45) is 0 Å². The molecule has 21 heavy (non-hydrogen) atoms. The molecular formula is C17H27NO3. The summed E-state index contributed by atoms with van der Waals surface area (Å²) in [6.45, 7) is 12.5. The Balaban J connectivity index is 2.44. The lowest BCUT2D eigenvalue weighted by atomic mass is 9.89. The first-order chi connectivity index (χ1) is 10.0. The minimum Gasteiger partial charge on any atom is -0.490 e. The molecule has 0 bridgehead atoms. The van der Waals surface area contributed by atoms with Crippen LogP contribution in [0, 0.1) is 0 Å². The van der Waals surface area contributed by atoms with E-state index < -0.39 is 0 Å². The molecule has 0 radical (unpaired) electrons. The molecule has 1 atom stereocenters. The molecule has 1 aliphatic heterocycles. The van der Waals surface area contributed by atoms with Gasteiger partial charge in [-0.1, -0.05) is 6.92 Å². The van der Waals surface area contributed by atoms with Gasteiger partial charge >= 0.3 is 0 Å². The summed E-state index contributed by atoms with van der Waals surface area (Å²) in [4.78, 5) is 0. The van der Waals surface area contributed by atoms with Gasteiger partial charge in [0.2, 0.25) is 0 Å². The fourth-order valence-corrected chi connectivity index (χ4v) is 2.82. The SMILES string of the molecule is CCNC1CC(C)(C)Oc2cc(OCC)c(OCC)cc21. The molecule has 118 valence electrons. The fraction of sp³-hybridized carbons (Fsp3) is 0.647. The zero-order valence-corrected chi connectivity index (χ0v) is 13.8. The second-order valence-corrected chi connectivity index (χ2v) is 5.88. The van der Waals surface area contributed by atoms with Crippen LogP contribution in [0.4, 0.5) is 0 Å². The van der Waals surface area contributed by atoms with Crippen LogP contribution < -0.4 is 19.5 Å². The van der Waals surface area contributed by atoms with Crippen LogP contribution in [0.2, 0.25) is 0 Å². The molecule has 0 amide bonds. The average Bonchev–Trinajstić information content (AvgIpc) is 2.40. The van der Waals surface area contributed by atoms with Crippen LogP contribution >= 0.6 is 0 Å². The molecule has 0 aliphatic carbocycles. The normalized spacial score (nSPS) is 19.6. The highest BCUT2D eigenvalue weighted by Gasteiger charge is 2.34. The van der Waals surface area contributed by atoms with Gasteiger partial charge in [0, 0.05) is 24.1 Å². The topological polar surface area (TPSA) is 39.7 Å². The molecule has 4 nitrogen and oxygen atoms in total. The number of hydrogen-bond donors (Lipinski definition) is 1. The molecule has 2 rings (SSSR count). The van der Waals surface area contributed by atoms with Crippen LogP contribution in [-0.4, -0.2) is 25.4 Å². The van der Waals surface area contributed by atoms with Gasteiger partial charge in [0.25, 0.3) is 0 Å². The maximum Gasteiger partial charge on any atom is 0.164 e. The molecule has 0 saturated carbocycles. The molecule has 0 fully saturated rings. The summed E-state index contributed by atoms with van der Waals surface area (Å²) < 4.78 is 17.6. The standard InChI is InChI=1S/C17H27NO3/c1-6-18-13-11-17(4,5)21-14-10-16(20-8-3)15(19-7-2)9-12(13)14/h9-10,13,18H,6-8,11H2,1-5H3. The van der Waals surface area contributed by atoms with Crippen LogP contribution in [-0.2, 0) is 0 Å². The smallest absolute Gasteiger partial charge is 0.164 e. The van der Waals surface area contributed by atoms with Gasteiger partial charge in [-0.05, 0) is 40.3 Å². The van der Waals surface area contributed by atoms with Gasteiger partial charge in [-0.3, -0.25) is 0 Å². The van der Waals surface area contributed by atoms with Gasteiger partial charge in [-0.15, -0.1) is 0 Å². The predicted molar refractivity (Wildman–Crippen MR) is 84.5 cm³/mol. The van der Waals surface area contributed by atoms with E-state index in [-0.39, 0.29) is 11.6 Å². The Labute approximate surface area is 127 Å². The highest BCUT2D eigenvalue weighted by atomic mass is 16.5. The number of benzene rings is 1. The number of hydrogen-bond acceptors (Lipinski definition) is 4. The van der Waals surface area contributed by atoms with Crippen molar-refractivity contribution < 1.29 is 14.2 Å². The number of ether oxygens (including phenoxy) is 3. The average molecular weight is 293 g/mol. The Morgan fingerprint density at radius 1 is 1.14 bits per heavy atom. The van der Waals surface area contributed by atoms with Crippen LogP contribution in [0.1, 0.15) is 52.6 Å². The predicted octanol–water partition coefficient (Wildman–Crippen LogP) is 3.70. The Kier molecular flexibility index (Phi) is 4.99. The van der Waals surface area contributed by atoms with Gasteiger partial charge in [0.1, 0.15) is 11.4 Å². The van der Waals surface area contributed by atoms with Crippen molar-refractivity contribution in [2.75, 3.05) is 19.8 Å². The largest absolute Gasteiger partial charge is 0.490 e. The van der Waals surface area contributed by atoms with E-state index in [1.165, 1.54) is 0 Å². The van der Waals surface area contributed by atoms with E-state index >= 15 is 0 Å². The maximum absolute atomic E-state index is 6.14. The summed E-state index contributed by atoms with van der Waals surface area (Å²) >= 11 is 0. The molecular weight excluding hydrogens is 266 g/mol. The van der Waals surface area contributed by atoms with Gasteiger partial charge in [-0.2, -0.15) is 0 Å². The van der Waals surface area contributed by atoms with Crippen molar-refractivity contribution in [2.45, 2.75) is 52.7 Å². The third-order valence-electron chi connectivity index (χ3n) is 3.58. The lowest BCUT2D eigenvalue weighted by molar-refractivity contribution is 0.0657. The summed E-state index contributed by atoms with van der Waals surface area (Å²) in [6, 6.07) is 4.31. The van der Waals surface area contributed by atoms with Crippen molar-refractivity contribution in [1.82, 2.24) is 5.32 Å². The van der Waals surface area contributed by atoms with Crippen molar-refractivity contribution >= 4 is 0 Å². The molecule has 1 heterocycles. The number of rotatable bonds is 6. The molecule has 0 spiro atoms. The third kappa shape index (κ3) is 3.62. The van der Waals surface area contributed by atoms with Crippen molar-refractivity contribution in [3.05, 3.63) is 17.7 Å².